The Bertz CT molecular complexity index is 626. The monoisotopic (exact) mass is 313 g/mol. The largest absolute Gasteiger partial charge is 0.385 e. The predicted molar refractivity (Wildman–Crippen MR) is 93.0 cm³/mol. The van der Waals surface area contributed by atoms with Crippen molar-refractivity contribution in [3.63, 3.8) is 0 Å². The Balaban J connectivity index is 1.94. The number of hydrogen-bond donors (Lipinski definition) is 2. The summed E-state index contributed by atoms with van der Waals surface area (Å²) >= 11 is 0. The summed E-state index contributed by atoms with van der Waals surface area (Å²) in [5, 5.41) is 6.13. The molecule has 122 valence electrons. The summed E-state index contributed by atoms with van der Waals surface area (Å²) in [6, 6.07) is 11.4. The molecule has 2 rings (SSSR count). The lowest BCUT2D eigenvalue weighted by Gasteiger charge is -2.10. The Hall–Kier alpha value is -2.40. The number of hydrogen-bond acceptors (Lipinski definition) is 4. The van der Waals surface area contributed by atoms with E-state index in [0.29, 0.717) is 12.2 Å². The maximum absolute atomic E-state index is 12.3. The Labute approximate surface area is 137 Å². The number of nitrogens with zero attached hydrogens (tertiary/aromatic N) is 1. The second-order valence-corrected chi connectivity index (χ2v) is 5.17. The van der Waals surface area contributed by atoms with Crippen molar-refractivity contribution in [2.75, 3.05) is 30.9 Å². The van der Waals surface area contributed by atoms with Crippen LogP contribution in [0.4, 0.5) is 11.5 Å². The first kappa shape index (κ1) is 17.0. The average Bonchev–Trinajstić information content (AvgIpc) is 2.59. The molecule has 0 spiro atoms. The number of methoxy groups -OCH3 is 1. The minimum atomic E-state index is -0.149. The number of benzene rings is 1. The summed E-state index contributed by atoms with van der Waals surface area (Å²) in [4.78, 5) is 16.6. The van der Waals surface area contributed by atoms with E-state index in [0.717, 1.165) is 36.5 Å². The molecule has 0 radical (unpaired) electrons. The quantitative estimate of drug-likeness (QED) is 0.734. The van der Waals surface area contributed by atoms with E-state index in [1.807, 2.05) is 30.3 Å². The standard InChI is InChI=1S/C18H23N3O2/c1-3-14-7-4-5-8-16(14)21-18(22)15-9-10-17(20-13-15)19-11-6-12-23-2/h4-5,7-10,13H,3,6,11-12H2,1-2H3,(H,19,20)(H,21,22). The van der Waals surface area contributed by atoms with Crippen LogP contribution in [0.1, 0.15) is 29.3 Å². The predicted octanol–water partition coefficient (Wildman–Crippen LogP) is 3.34. The summed E-state index contributed by atoms with van der Waals surface area (Å²) in [5.41, 5.74) is 2.50. The third-order valence-corrected chi connectivity index (χ3v) is 3.50. The molecule has 0 saturated carbocycles. The molecule has 0 atom stereocenters. The number of rotatable bonds is 8. The van der Waals surface area contributed by atoms with E-state index in [1.54, 1.807) is 19.4 Å². The van der Waals surface area contributed by atoms with Crippen LogP contribution in [0.25, 0.3) is 0 Å². The first-order valence-electron chi connectivity index (χ1n) is 7.82. The Kier molecular flexibility index (Phi) is 6.56. The van der Waals surface area contributed by atoms with Gasteiger partial charge in [-0.2, -0.15) is 0 Å². The molecule has 1 aromatic carbocycles. The number of para-hydroxylation sites is 1. The number of carbonyl (C=O) groups is 1. The van der Waals surface area contributed by atoms with Crippen molar-refractivity contribution < 1.29 is 9.53 Å². The maximum Gasteiger partial charge on any atom is 0.257 e. The Morgan fingerprint density at radius 2 is 2.04 bits per heavy atom. The van der Waals surface area contributed by atoms with Crippen LogP contribution in [0.5, 0.6) is 0 Å². The van der Waals surface area contributed by atoms with Crippen molar-refractivity contribution in [3.05, 3.63) is 53.7 Å². The third kappa shape index (κ3) is 5.07. The SMILES string of the molecule is CCc1ccccc1NC(=O)c1ccc(NCCCOC)nc1. The van der Waals surface area contributed by atoms with Crippen LogP contribution in [0.15, 0.2) is 42.6 Å². The normalized spacial score (nSPS) is 10.3. The fraction of sp³-hybridized carbons (Fsp3) is 0.333. The molecule has 0 unspecified atom stereocenters. The lowest BCUT2D eigenvalue weighted by atomic mass is 10.1. The second kappa shape index (κ2) is 8.90. The molecule has 1 heterocycles. The molecule has 5 heteroatoms. The summed E-state index contributed by atoms with van der Waals surface area (Å²) in [5.74, 6) is 0.607. The molecule has 23 heavy (non-hydrogen) atoms. The fourth-order valence-electron chi connectivity index (χ4n) is 2.21. The molecule has 0 bridgehead atoms. The molecule has 1 aromatic heterocycles. The van der Waals surface area contributed by atoms with Crippen LogP contribution in [-0.4, -0.2) is 31.2 Å². The van der Waals surface area contributed by atoms with Gasteiger partial charge in [-0.3, -0.25) is 4.79 Å². The zero-order valence-corrected chi connectivity index (χ0v) is 13.6. The minimum Gasteiger partial charge on any atom is -0.385 e. The van der Waals surface area contributed by atoms with Crippen LogP contribution in [0.3, 0.4) is 0 Å². The van der Waals surface area contributed by atoms with Gasteiger partial charge in [-0.25, -0.2) is 4.98 Å². The van der Waals surface area contributed by atoms with Crippen molar-refractivity contribution in [2.45, 2.75) is 19.8 Å². The van der Waals surface area contributed by atoms with E-state index < -0.39 is 0 Å². The second-order valence-electron chi connectivity index (χ2n) is 5.17. The van der Waals surface area contributed by atoms with Gasteiger partial charge in [0.2, 0.25) is 0 Å². The molecule has 0 aliphatic carbocycles. The van der Waals surface area contributed by atoms with Crippen molar-refractivity contribution in [2.24, 2.45) is 0 Å². The summed E-state index contributed by atoms with van der Waals surface area (Å²) in [7, 11) is 1.68. The van der Waals surface area contributed by atoms with Gasteiger partial charge < -0.3 is 15.4 Å². The van der Waals surface area contributed by atoms with Crippen molar-refractivity contribution in [1.82, 2.24) is 4.98 Å². The molecular formula is C18H23N3O2. The van der Waals surface area contributed by atoms with E-state index in [9.17, 15) is 4.79 Å². The van der Waals surface area contributed by atoms with E-state index >= 15 is 0 Å². The van der Waals surface area contributed by atoms with E-state index in [2.05, 4.69) is 22.5 Å². The van der Waals surface area contributed by atoms with Gasteiger partial charge in [0.1, 0.15) is 5.82 Å². The number of pyridine rings is 1. The number of anilines is 2. The minimum absolute atomic E-state index is 0.149. The molecule has 2 N–H and O–H groups in total. The van der Waals surface area contributed by atoms with E-state index in [1.165, 1.54) is 0 Å². The molecular weight excluding hydrogens is 290 g/mol. The van der Waals surface area contributed by atoms with Crippen LogP contribution in [0, 0.1) is 0 Å². The first-order valence-corrected chi connectivity index (χ1v) is 7.82. The van der Waals surface area contributed by atoms with Gasteiger partial charge in [0.15, 0.2) is 0 Å². The van der Waals surface area contributed by atoms with Gasteiger partial charge in [-0.1, -0.05) is 25.1 Å². The molecule has 1 amide bonds. The number of ether oxygens (including phenoxy) is 1. The van der Waals surface area contributed by atoms with E-state index in [4.69, 9.17) is 4.74 Å². The highest BCUT2D eigenvalue weighted by atomic mass is 16.5. The number of nitrogens with one attached hydrogen (secondary N) is 2. The first-order chi connectivity index (χ1) is 11.2. The van der Waals surface area contributed by atoms with Crippen LogP contribution in [-0.2, 0) is 11.2 Å². The molecule has 2 aromatic rings. The lowest BCUT2D eigenvalue weighted by Crippen LogP contribution is -2.14. The zero-order valence-electron chi connectivity index (χ0n) is 13.6. The van der Waals surface area contributed by atoms with Gasteiger partial charge in [-0.15, -0.1) is 0 Å². The average molecular weight is 313 g/mol. The highest BCUT2D eigenvalue weighted by Gasteiger charge is 2.08. The molecule has 0 fully saturated rings. The highest BCUT2D eigenvalue weighted by Crippen LogP contribution is 2.16. The molecule has 0 aliphatic heterocycles. The van der Waals surface area contributed by atoms with Gasteiger partial charge >= 0.3 is 0 Å². The van der Waals surface area contributed by atoms with Crippen LogP contribution >= 0.6 is 0 Å². The number of aromatic nitrogens is 1. The molecule has 0 aliphatic rings. The highest BCUT2D eigenvalue weighted by molar-refractivity contribution is 6.04. The summed E-state index contributed by atoms with van der Waals surface area (Å²) < 4.78 is 4.99. The maximum atomic E-state index is 12.3. The Morgan fingerprint density at radius 3 is 2.74 bits per heavy atom. The van der Waals surface area contributed by atoms with E-state index in [-0.39, 0.29) is 5.91 Å². The third-order valence-electron chi connectivity index (χ3n) is 3.50. The zero-order chi connectivity index (χ0) is 16.5. The van der Waals surface area contributed by atoms with Crippen molar-refractivity contribution in [3.8, 4) is 0 Å². The smallest absolute Gasteiger partial charge is 0.257 e. The summed E-state index contributed by atoms with van der Waals surface area (Å²) in [6.07, 6.45) is 3.37. The van der Waals surface area contributed by atoms with Gasteiger partial charge in [-0.05, 0) is 36.6 Å². The van der Waals surface area contributed by atoms with Crippen molar-refractivity contribution >= 4 is 17.4 Å². The lowest BCUT2D eigenvalue weighted by molar-refractivity contribution is 0.102. The van der Waals surface area contributed by atoms with Gasteiger partial charge in [0, 0.05) is 32.1 Å². The van der Waals surface area contributed by atoms with Crippen LogP contribution < -0.4 is 10.6 Å². The number of amides is 1. The molecule has 0 saturated heterocycles. The summed E-state index contributed by atoms with van der Waals surface area (Å²) in [6.45, 7) is 3.57. The number of aryl methyl sites for hydroxylation is 1. The van der Waals surface area contributed by atoms with Gasteiger partial charge in [0.25, 0.3) is 5.91 Å². The fourth-order valence-corrected chi connectivity index (χ4v) is 2.21. The molecule has 5 nitrogen and oxygen atoms in total. The van der Waals surface area contributed by atoms with Crippen molar-refractivity contribution in [1.29, 1.82) is 0 Å². The Morgan fingerprint density at radius 1 is 1.22 bits per heavy atom. The van der Waals surface area contributed by atoms with Crippen LogP contribution in [0.2, 0.25) is 0 Å². The number of carbonyl (C=O) groups excluding carboxylic acids is 1. The van der Waals surface area contributed by atoms with Gasteiger partial charge in [0.05, 0.1) is 5.56 Å². The topological polar surface area (TPSA) is 63.2 Å².